The third-order valence-electron chi connectivity index (χ3n) is 6.07. The molecule has 1 saturated carbocycles. The Morgan fingerprint density at radius 3 is 2.86 bits per heavy atom. The van der Waals surface area contributed by atoms with E-state index in [1.165, 1.54) is 11.8 Å². The van der Waals surface area contributed by atoms with Crippen molar-refractivity contribution >= 4 is 22.6 Å². The van der Waals surface area contributed by atoms with Crippen molar-refractivity contribution in [1.29, 1.82) is 0 Å². The lowest BCUT2D eigenvalue weighted by atomic mass is 9.82. The smallest absolute Gasteiger partial charge is 0.188 e. The van der Waals surface area contributed by atoms with Gasteiger partial charge in [-0.15, -0.1) is 6.58 Å². The fourth-order valence-corrected chi connectivity index (χ4v) is 5.20. The van der Waals surface area contributed by atoms with Crippen molar-refractivity contribution in [2.24, 2.45) is 16.8 Å². The van der Waals surface area contributed by atoms with Gasteiger partial charge in [0, 0.05) is 30.4 Å². The van der Waals surface area contributed by atoms with Crippen molar-refractivity contribution < 1.29 is 15.0 Å². The maximum atomic E-state index is 11.7. The van der Waals surface area contributed by atoms with Crippen LogP contribution >= 0.6 is 11.8 Å². The molecule has 4 nitrogen and oxygen atoms in total. The maximum absolute atomic E-state index is 11.7. The largest absolute Gasteiger partial charge is 0.392 e. The van der Waals surface area contributed by atoms with E-state index in [0.29, 0.717) is 12.8 Å². The highest BCUT2D eigenvalue weighted by atomic mass is 32.2. The van der Waals surface area contributed by atoms with Gasteiger partial charge in [-0.2, -0.15) is 0 Å². The van der Waals surface area contributed by atoms with E-state index in [-0.39, 0.29) is 22.5 Å². The zero-order chi connectivity index (χ0) is 20.6. The number of unbranched alkanes of at least 4 members (excludes halogenated alkanes) is 2. The molecule has 28 heavy (non-hydrogen) atoms. The summed E-state index contributed by atoms with van der Waals surface area (Å²) >= 11 is 1.39. The maximum Gasteiger partial charge on any atom is 0.188 e. The van der Waals surface area contributed by atoms with E-state index in [1.54, 1.807) is 0 Å². The van der Waals surface area contributed by atoms with E-state index >= 15 is 0 Å². The highest BCUT2D eigenvalue weighted by Crippen LogP contribution is 2.50. The highest BCUT2D eigenvalue weighted by Gasteiger charge is 2.53. The number of carbonyl (C=O) groups is 1. The first-order valence-electron chi connectivity index (χ1n) is 10.9. The van der Waals surface area contributed by atoms with Crippen LogP contribution in [0.25, 0.3) is 0 Å². The number of aliphatic imine (C=N–C) groups is 1. The van der Waals surface area contributed by atoms with Crippen LogP contribution in [0.15, 0.2) is 29.8 Å². The Balaban J connectivity index is 1.94. The van der Waals surface area contributed by atoms with E-state index in [2.05, 4.69) is 13.5 Å². The summed E-state index contributed by atoms with van der Waals surface area (Å²) in [6.45, 7) is 8.16. The van der Waals surface area contributed by atoms with E-state index in [9.17, 15) is 15.0 Å². The summed E-state index contributed by atoms with van der Waals surface area (Å²) in [5.74, 6) is 1.03. The van der Waals surface area contributed by atoms with Crippen LogP contribution in [0.1, 0.15) is 71.6 Å². The first-order chi connectivity index (χ1) is 13.5. The van der Waals surface area contributed by atoms with Crippen LogP contribution in [0, 0.1) is 11.8 Å². The molecule has 4 unspecified atom stereocenters. The summed E-state index contributed by atoms with van der Waals surface area (Å²) < 4.78 is 0. The molecule has 0 bridgehead atoms. The van der Waals surface area contributed by atoms with Gasteiger partial charge >= 0.3 is 0 Å². The lowest BCUT2D eigenvalue weighted by molar-refractivity contribution is -0.111. The standard InChI is InChI=1S/C23H37NO3S/c1-4-7-8-11-18(25)13-14-19-20-15-17(10-9-12-22(27)28-6-3)24-23(20,5-2)16-21(19)26/h5,13-14,18-21,25-26H,2,4,6-12,15-16H2,1,3H3/b14-13+/t18-,19?,20?,21?,23?/m0/s1. The average Bonchev–Trinajstić information content (AvgIpc) is 3.12. The van der Waals surface area contributed by atoms with Gasteiger partial charge in [0.15, 0.2) is 5.12 Å². The van der Waals surface area contributed by atoms with Crippen LogP contribution in [0.2, 0.25) is 0 Å². The molecule has 0 amide bonds. The molecule has 2 aliphatic rings. The summed E-state index contributed by atoms with van der Waals surface area (Å²) in [7, 11) is 0. The van der Waals surface area contributed by atoms with Gasteiger partial charge in [0.05, 0.1) is 17.7 Å². The molecule has 158 valence electrons. The number of aliphatic hydroxyl groups excluding tert-OH is 2. The number of nitrogens with zero attached hydrogens (tertiary/aromatic N) is 1. The molecule has 2 rings (SSSR count). The Morgan fingerprint density at radius 1 is 1.39 bits per heavy atom. The van der Waals surface area contributed by atoms with Gasteiger partial charge in [-0.3, -0.25) is 9.79 Å². The van der Waals surface area contributed by atoms with Crippen molar-refractivity contribution in [2.75, 3.05) is 5.75 Å². The van der Waals surface area contributed by atoms with Crippen LogP contribution in [-0.4, -0.2) is 44.5 Å². The number of fused-ring (bicyclic) bond motifs is 1. The molecule has 2 N–H and O–H groups in total. The number of hydrogen-bond donors (Lipinski definition) is 2. The van der Waals surface area contributed by atoms with Crippen molar-refractivity contribution in [3.63, 3.8) is 0 Å². The molecular weight excluding hydrogens is 370 g/mol. The Hall–Kier alpha value is -0.910. The van der Waals surface area contributed by atoms with Gasteiger partial charge in [-0.05, 0) is 31.4 Å². The lowest BCUT2D eigenvalue weighted by Crippen LogP contribution is -2.26. The van der Waals surface area contributed by atoms with Crippen LogP contribution < -0.4 is 0 Å². The predicted octanol–water partition coefficient (Wildman–Crippen LogP) is 4.70. The Kier molecular flexibility index (Phi) is 9.45. The Labute approximate surface area is 174 Å². The highest BCUT2D eigenvalue weighted by molar-refractivity contribution is 8.13. The van der Waals surface area contributed by atoms with Gasteiger partial charge in [0.2, 0.25) is 0 Å². The van der Waals surface area contributed by atoms with Gasteiger partial charge in [-0.25, -0.2) is 0 Å². The number of aliphatic hydroxyl groups is 2. The van der Waals surface area contributed by atoms with Crippen LogP contribution in [-0.2, 0) is 4.79 Å². The monoisotopic (exact) mass is 407 g/mol. The first kappa shape index (κ1) is 23.4. The minimum absolute atomic E-state index is 0.00245. The van der Waals surface area contributed by atoms with E-state index in [4.69, 9.17) is 4.99 Å². The number of rotatable bonds is 12. The lowest BCUT2D eigenvalue weighted by Gasteiger charge is -2.24. The summed E-state index contributed by atoms with van der Waals surface area (Å²) in [4.78, 5) is 16.7. The molecule has 0 aromatic rings. The minimum atomic E-state index is -0.449. The Bertz CT molecular complexity index is 588. The summed E-state index contributed by atoms with van der Waals surface area (Å²) in [6.07, 6.45) is 12.7. The van der Waals surface area contributed by atoms with Gasteiger partial charge in [0.1, 0.15) is 0 Å². The Morgan fingerprint density at radius 2 is 2.18 bits per heavy atom. The molecule has 1 heterocycles. The van der Waals surface area contributed by atoms with E-state index in [1.807, 2.05) is 25.2 Å². The third kappa shape index (κ3) is 6.04. The van der Waals surface area contributed by atoms with Crippen LogP contribution in [0.3, 0.4) is 0 Å². The number of hydrogen-bond acceptors (Lipinski definition) is 5. The SMILES string of the molecule is C=CC12CC(O)C(/C=C/[C@@H](O)CCCCC)C1CC(CCCC(=O)SCC)=N2. The van der Waals surface area contributed by atoms with Crippen molar-refractivity contribution in [2.45, 2.75) is 89.4 Å². The molecule has 1 aliphatic carbocycles. The minimum Gasteiger partial charge on any atom is -0.392 e. The number of thioether (sulfide) groups is 1. The summed E-state index contributed by atoms with van der Waals surface area (Å²) in [6, 6.07) is 0. The molecule has 5 heteroatoms. The van der Waals surface area contributed by atoms with Gasteiger partial charge < -0.3 is 10.2 Å². The van der Waals surface area contributed by atoms with Gasteiger partial charge in [-0.1, -0.05) is 63.1 Å². The molecule has 5 atom stereocenters. The second kappa shape index (κ2) is 11.3. The zero-order valence-electron chi connectivity index (χ0n) is 17.5. The molecule has 1 aliphatic heterocycles. The van der Waals surface area contributed by atoms with Crippen molar-refractivity contribution in [1.82, 2.24) is 0 Å². The van der Waals surface area contributed by atoms with Crippen molar-refractivity contribution in [3.8, 4) is 0 Å². The molecule has 0 spiro atoms. The fourth-order valence-electron chi connectivity index (χ4n) is 4.59. The quantitative estimate of drug-likeness (QED) is 0.363. The topological polar surface area (TPSA) is 69.9 Å². The molecule has 0 saturated heterocycles. The molecule has 0 aromatic carbocycles. The molecular formula is C23H37NO3S. The van der Waals surface area contributed by atoms with E-state index in [0.717, 1.165) is 56.4 Å². The zero-order valence-corrected chi connectivity index (χ0v) is 18.3. The fraction of sp³-hybridized carbons (Fsp3) is 0.739. The average molecular weight is 408 g/mol. The predicted molar refractivity (Wildman–Crippen MR) is 119 cm³/mol. The summed E-state index contributed by atoms with van der Waals surface area (Å²) in [5.41, 5.74) is 0.757. The molecule has 1 fully saturated rings. The third-order valence-corrected chi connectivity index (χ3v) is 6.89. The van der Waals surface area contributed by atoms with Crippen molar-refractivity contribution in [3.05, 3.63) is 24.8 Å². The van der Waals surface area contributed by atoms with E-state index < -0.39 is 12.2 Å². The van der Waals surface area contributed by atoms with Crippen LogP contribution in [0.5, 0.6) is 0 Å². The normalized spacial score (nSPS) is 30.4. The first-order valence-corrected chi connectivity index (χ1v) is 11.9. The second-order valence-corrected chi connectivity index (χ2v) is 9.46. The van der Waals surface area contributed by atoms with Gasteiger partial charge in [0.25, 0.3) is 0 Å². The molecule has 0 aromatic heterocycles. The molecule has 0 radical (unpaired) electrons. The summed E-state index contributed by atoms with van der Waals surface area (Å²) in [5, 5.41) is 21.1. The van der Waals surface area contributed by atoms with Crippen LogP contribution in [0.4, 0.5) is 0 Å². The number of carbonyl (C=O) groups excluding carboxylic acids is 1. The second-order valence-electron chi connectivity index (χ2n) is 8.14.